The van der Waals surface area contributed by atoms with Crippen molar-refractivity contribution in [3.05, 3.63) is 63.6 Å². The molecular weight excluding hydrogens is 388 g/mol. The van der Waals surface area contributed by atoms with Crippen LogP contribution >= 0.6 is 27.7 Å². The maximum absolute atomic E-state index is 12.3. The first-order chi connectivity index (χ1) is 11.5. The maximum atomic E-state index is 12.3. The first-order valence-corrected chi connectivity index (χ1v) is 9.13. The molecule has 3 rings (SSSR count). The van der Waals surface area contributed by atoms with Crippen molar-refractivity contribution in [2.45, 2.75) is 19.1 Å². The first kappa shape index (κ1) is 16.9. The minimum Gasteiger partial charge on any atom is -0.411 e. The minimum atomic E-state index is 0.0466. The Labute approximate surface area is 152 Å². The third-order valence-corrected chi connectivity index (χ3v) is 4.95. The fourth-order valence-electron chi connectivity index (χ4n) is 2.13. The number of nitrogens with zero attached hydrogens (tertiary/aromatic N) is 2. The Morgan fingerprint density at radius 2 is 1.96 bits per heavy atom. The fourth-order valence-corrected chi connectivity index (χ4v) is 3.19. The topological polar surface area (TPSA) is 56.0 Å². The predicted molar refractivity (Wildman–Crippen MR) is 98.4 cm³/mol. The molecule has 0 aliphatic carbocycles. The molecule has 0 spiro atoms. The van der Waals surface area contributed by atoms with Gasteiger partial charge < -0.3 is 4.42 Å². The Kier molecular flexibility index (Phi) is 5.16. The second-order valence-electron chi connectivity index (χ2n) is 5.39. The third-order valence-electron chi connectivity index (χ3n) is 3.63. The Morgan fingerprint density at radius 1 is 1.12 bits per heavy atom. The summed E-state index contributed by atoms with van der Waals surface area (Å²) in [5.41, 5.74) is 3.83. The van der Waals surface area contributed by atoms with E-state index in [2.05, 4.69) is 26.1 Å². The van der Waals surface area contributed by atoms with Gasteiger partial charge in [-0.15, -0.1) is 10.2 Å². The van der Waals surface area contributed by atoms with Crippen LogP contribution in [0.1, 0.15) is 21.5 Å². The molecule has 0 N–H and O–H groups in total. The predicted octanol–water partition coefficient (Wildman–Crippen LogP) is 5.09. The molecule has 0 saturated heterocycles. The van der Waals surface area contributed by atoms with Crippen LogP contribution in [0.2, 0.25) is 0 Å². The highest BCUT2D eigenvalue weighted by Crippen LogP contribution is 2.25. The average molecular weight is 403 g/mol. The number of carbonyl (C=O) groups excluding carboxylic acids is 1. The van der Waals surface area contributed by atoms with E-state index < -0.39 is 0 Å². The van der Waals surface area contributed by atoms with Crippen LogP contribution in [0.4, 0.5) is 0 Å². The van der Waals surface area contributed by atoms with Crippen LogP contribution in [0, 0.1) is 13.8 Å². The summed E-state index contributed by atoms with van der Waals surface area (Å²) >= 11 is 4.66. The first-order valence-electron chi connectivity index (χ1n) is 7.35. The van der Waals surface area contributed by atoms with E-state index in [1.165, 1.54) is 17.3 Å². The molecule has 1 heterocycles. The van der Waals surface area contributed by atoms with E-state index >= 15 is 0 Å². The van der Waals surface area contributed by atoms with Crippen molar-refractivity contribution in [2.24, 2.45) is 0 Å². The number of Topliss-reactive ketones (excluding diaryl/α,β-unsaturated/α-hetero) is 1. The molecule has 4 nitrogen and oxygen atoms in total. The van der Waals surface area contributed by atoms with Crippen LogP contribution in [0.25, 0.3) is 11.5 Å². The molecule has 0 bridgehead atoms. The molecule has 122 valence electrons. The van der Waals surface area contributed by atoms with Crippen molar-refractivity contribution < 1.29 is 9.21 Å². The molecule has 6 heteroatoms. The number of ketones is 1. The molecule has 0 atom stereocenters. The van der Waals surface area contributed by atoms with Crippen LogP contribution < -0.4 is 0 Å². The number of thioether (sulfide) groups is 1. The lowest BCUT2D eigenvalue weighted by molar-refractivity contribution is 0.102. The minimum absolute atomic E-state index is 0.0466. The monoisotopic (exact) mass is 402 g/mol. The summed E-state index contributed by atoms with van der Waals surface area (Å²) in [6.07, 6.45) is 0. The standard InChI is InChI=1S/C18H15BrN2O2S/c1-11-6-7-13(8-12(11)2)16(22)10-24-18-21-20-17(23-18)14-4-3-5-15(19)9-14/h3-9H,10H2,1-2H3. The van der Waals surface area contributed by atoms with Crippen LogP contribution in [-0.2, 0) is 0 Å². The van der Waals surface area contributed by atoms with Gasteiger partial charge in [0.25, 0.3) is 5.22 Å². The molecular formula is C18H15BrN2O2S. The van der Waals surface area contributed by atoms with Crippen LogP contribution in [0.5, 0.6) is 0 Å². The summed E-state index contributed by atoms with van der Waals surface area (Å²) in [5.74, 6) is 0.755. The quantitative estimate of drug-likeness (QED) is 0.439. The lowest BCUT2D eigenvalue weighted by Crippen LogP contribution is -2.03. The number of aromatic nitrogens is 2. The Balaban J connectivity index is 1.67. The number of hydrogen-bond donors (Lipinski definition) is 0. The van der Waals surface area contributed by atoms with Gasteiger partial charge in [0, 0.05) is 15.6 Å². The van der Waals surface area contributed by atoms with Crippen LogP contribution in [0.15, 0.2) is 56.6 Å². The number of halogens is 1. The van der Waals surface area contributed by atoms with Gasteiger partial charge in [-0.25, -0.2) is 0 Å². The van der Waals surface area contributed by atoms with Gasteiger partial charge in [0.2, 0.25) is 5.89 Å². The zero-order chi connectivity index (χ0) is 17.1. The molecule has 1 aromatic heterocycles. The molecule has 0 radical (unpaired) electrons. The van der Waals surface area contributed by atoms with E-state index in [-0.39, 0.29) is 11.5 Å². The SMILES string of the molecule is Cc1ccc(C(=O)CSc2nnc(-c3cccc(Br)c3)o2)cc1C. The Hall–Kier alpha value is -1.92. The van der Waals surface area contributed by atoms with Gasteiger partial charge in [-0.3, -0.25) is 4.79 Å². The van der Waals surface area contributed by atoms with Gasteiger partial charge in [-0.1, -0.05) is 45.9 Å². The summed E-state index contributed by atoms with van der Waals surface area (Å²) in [6.45, 7) is 4.03. The van der Waals surface area contributed by atoms with Crippen LogP contribution in [-0.4, -0.2) is 21.7 Å². The van der Waals surface area contributed by atoms with E-state index in [1.54, 1.807) is 0 Å². The van der Waals surface area contributed by atoms with Gasteiger partial charge >= 0.3 is 0 Å². The second kappa shape index (κ2) is 7.32. The van der Waals surface area contributed by atoms with E-state index in [0.717, 1.165) is 15.6 Å². The largest absolute Gasteiger partial charge is 0.411 e. The number of rotatable bonds is 5. The zero-order valence-corrected chi connectivity index (χ0v) is 15.6. The second-order valence-corrected chi connectivity index (χ2v) is 7.24. The fraction of sp³-hybridized carbons (Fsp3) is 0.167. The molecule has 0 amide bonds. The number of benzene rings is 2. The normalized spacial score (nSPS) is 10.8. The van der Waals surface area contributed by atoms with Gasteiger partial charge in [0.05, 0.1) is 5.75 Å². The smallest absolute Gasteiger partial charge is 0.277 e. The summed E-state index contributed by atoms with van der Waals surface area (Å²) in [4.78, 5) is 12.3. The molecule has 0 fully saturated rings. The number of hydrogen-bond acceptors (Lipinski definition) is 5. The van der Waals surface area contributed by atoms with Crippen molar-refractivity contribution in [3.63, 3.8) is 0 Å². The molecule has 24 heavy (non-hydrogen) atoms. The van der Waals surface area contributed by atoms with Crippen molar-refractivity contribution in [1.29, 1.82) is 0 Å². The highest BCUT2D eigenvalue weighted by molar-refractivity contribution is 9.10. The Bertz CT molecular complexity index is 892. The molecule has 3 aromatic rings. The summed E-state index contributed by atoms with van der Waals surface area (Å²) in [6, 6.07) is 13.4. The van der Waals surface area contributed by atoms with Crippen molar-refractivity contribution in [3.8, 4) is 11.5 Å². The van der Waals surface area contributed by atoms with E-state index in [9.17, 15) is 4.79 Å². The summed E-state index contributed by atoms with van der Waals surface area (Å²) in [7, 11) is 0. The highest BCUT2D eigenvalue weighted by Gasteiger charge is 2.13. The van der Waals surface area contributed by atoms with Gasteiger partial charge in [0.15, 0.2) is 5.78 Å². The highest BCUT2D eigenvalue weighted by atomic mass is 79.9. The molecule has 0 saturated carbocycles. The van der Waals surface area contributed by atoms with Crippen molar-refractivity contribution >= 4 is 33.5 Å². The van der Waals surface area contributed by atoms with Gasteiger partial charge in [-0.2, -0.15) is 0 Å². The summed E-state index contributed by atoms with van der Waals surface area (Å²) < 4.78 is 6.56. The zero-order valence-electron chi connectivity index (χ0n) is 13.2. The lowest BCUT2D eigenvalue weighted by atomic mass is 10.0. The average Bonchev–Trinajstić information content (AvgIpc) is 3.04. The van der Waals surface area contributed by atoms with E-state index in [1.807, 2.05) is 56.3 Å². The molecule has 0 unspecified atom stereocenters. The van der Waals surface area contributed by atoms with Crippen molar-refractivity contribution in [1.82, 2.24) is 10.2 Å². The van der Waals surface area contributed by atoms with Gasteiger partial charge in [0.1, 0.15) is 0 Å². The maximum Gasteiger partial charge on any atom is 0.277 e. The van der Waals surface area contributed by atoms with Crippen molar-refractivity contribution in [2.75, 3.05) is 5.75 Å². The summed E-state index contributed by atoms with van der Waals surface area (Å²) in [5, 5.41) is 8.42. The molecule has 2 aromatic carbocycles. The number of aryl methyl sites for hydroxylation is 2. The van der Waals surface area contributed by atoms with E-state index in [0.29, 0.717) is 16.7 Å². The molecule has 0 aliphatic rings. The van der Waals surface area contributed by atoms with Gasteiger partial charge in [-0.05, 0) is 49.2 Å². The van der Waals surface area contributed by atoms with Crippen LogP contribution in [0.3, 0.4) is 0 Å². The van der Waals surface area contributed by atoms with E-state index in [4.69, 9.17) is 4.42 Å². The third kappa shape index (κ3) is 3.94. The Morgan fingerprint density at radius 3 is 2.71 bits per heavy atom. The number of carbonyl (C=O) groups is 1. The molecule has 0 aliphatic heterocycles. The lowest BCUT2D eigenvalue weighted by Gasteiger charge is -2.03.